The van der Waals surface area contributed by atoms with Gasteiger partial charge in [-0.2, -0.15) is 5.10 Å². The number of aromatic amines is 1. The Morgan fingerprint density at radius 1 is 1.11 bits per heavy atom. The van der Waals surface area contributed by atoms with Gasteiger partial charge in [0.2, 0.25) is 5.82 Å². The Kier molecular flexibility index (Phi) is 7.28. The Morgan fingerprint density at radius 2 is 1.82 bits per heavy atom. The van der Waals surface area contributed by atoms with Crippen molar-refractivity contribution in [1.82, 2.24) is 35.2 Å². The summed E-state index contributed by atoms with van der Waals surface area (Å²) in [6.45, 7) is 10.4. The summed E-state index contributed by atoms with van der Waals surface area (Å²) in [6.07, 6.45) is 0. The molecular weight excluding hydrogens is 487 g/mol. The van der Waals surface area contributed by atoms with E-state index < -0.39 is 12.6 Å². The smallest absolute Gasteiger partial charge is 0.289 e. The average molecular weight is 521 g/mol. The van der Waals surface area contributed by atoms with E-state index in [1.165, 1.54) is 0 Å². The van der Waals surface area contributed by atoms with Crippen molar-refractivity contribution >= 4 is 22.5 Å². The number of alkyl halides is 1. The fourth-order valence-electron chi connectivity index (χ4n) is 4.92. The minimum Gasteiger partial charge on any atom is -0.507 e. The molecule has 0 saturated carbocycles. The number of aromatic nitrogens is 5. The molecule has 1 amide bonds. The van der Waals surface area contributed by atoms with Crippen LogP contribution in [0.1, 0.15) is 43.0 Å². The molecule has 1 aliphatic rings. The number of phenolic OH excluding ortho intramolecular Hbond substituents is 1. The van der Waals surface area contributed by atoms with Crippen molar-refractivity contribution in [2.75, 3.05) is 50.8 Å². The minimum atomic E-state index is -0.692. The number of amides is 1. The van der Waals surface area contributed by atoms with Gasteiger partial charge in [0, 0.05) is 55.6 Å². The van der Waals surface area contributed by atoms with Gasteiger partial charge in [0.1, 0.15) is 12.4 Å². The fourth-order valence-corrected chi connectivity index (χ4v) is 4.92. The number of fused-ring (bicyclic) bond motifs is 1. The Balaban J connectivity index is 1.57. The number of halogens is 1. The maximum Gasteiger partial charge on any atom is 0.289 e. The molecule has 11 heteroatoms. The maximum absolute atomic E-state index is 12.9. The van der Waals surface area contributed by atoms with Crippen LogP contribution < -0.4 is 10.2 Å². The number of hydrogen-bond acceptors (Lipinski definition) is 7. The number of carbonyl (C=O) groups is 1. The lowest BCUT2D eigenvalue weighted by molar-refractivity contribution is 0.0938. The molecule has 38 heavy (non-hydrogen) atoms. The predicted octanol–water partition coefficient (Wildman–Crippen LogP) is 3.48. The summed E-state index contributed by atoms with van der Waals surface area (Å²) in [5.74, 6) is -0.101. The summed E-state index contributed by atoms with van der Waals surface area (Å²) in [6, 6.07) is 11.3. The van der Waals surface area contributed by atoms with Crippen molar-refractivity contribution in [3.8, 4) is 22.8 Å². The molecule has 0 spiro atoms. The second-order valence-electron chi connectivity index (χ2n) is 9.74. The molecule has 3 heterocycles. The van der Waals surface area contributed by atoms with E-state index in [1.54, 1.807) is 10.6 Å². The zero-order valence-electron chi connectivity index (χ0n) is 21.9. The summed E-state index contributed by atoms with van der Waals surface area (Å²) in [7, 11) is 0. The van der Waals surface area contributed by atoms with Crippen LogP contribution in [0.3, 0.4) is 0 Å². The number of piperazine rings is 1. The van der Waals surface area contributed by atoms with Crippen LogP contribution >= 0.6 is 0 Å². The summed E-state index contributed by atoms with van der Waals surface area (Å²) < 4.78 is 14.4. The van der Waals surface area contributed by atoms with Gasteiger partial charge in [-0.1, -0.05) is 20.8 Å². The first kappa shape index (κ1) is 25.7. The van der Waals surface area contributed by atoms with Crippen LogP contribution in [0.4, 0.5) is 10.1 Å². The minimum absolute atomic E-state index is 0.00790. The van der Waals surface area contributed by atoms with Crippen LogP contribution in [0, 0.1) is 0 Å². The molecule has 5 rings (SSSR count). The highest BCUT2D eigenvalue weighted by Crippen LogP contribution is 2.36. The van der Waals surface area contributed by atoms with Gasteiger partial charge < -0.3 is 20.2 Å². The molecular formula is C27H33FN8O2. The molecule has 200 valence electrons. The molecule has 0 aliphatic carbocycles. The molecule has 1 fully saturated rings. The van der Waals surface area contributed by atoms with Gasteiger partial charge in [0.15, 0.2) is 5.82 Å². The van der Waals surface area contributed by atoms with Crippen molar-refractivity contribution in [2.24, 2.45) is 0 Å². The molecule has 1 aliphatic heterocycles. The van der Waals surface area contributed by atoms with Crippen molar-refractivity contribution in [1.29, 1.82) is 0 Å². The summed E-state index contributed by atoms with van der Waals surface area (Å²) in [4.78, 5) is 17.7. The predicted molar refractivity (Wildman–Crippen MR) is 145 cm³/mol. The molecule has 10 nitrogen and oxygen atoms in total. The Bertz CT molecular complexity index is 1420. The molecule has 1 saturated heterocycles. The highest BCUT2D eigenvalue weighted by Gasteiger charge is 2.25. The average Bonchev–Trinajstić information content (AvgIpc) is 3.56. The third-order valence-corrected chi connectivity index (χ3v) is 7.04. The lowest BCUT2D eigenvalue weighted by atomic mass is 10.0. The third-order valence-electron chi connectivity index (χ3n) is 7.04. The second kappa shape index (κ2) is 10.8. The molecule has 3 N–H and O–H groups in total. The van der Waals surface area contributed by atoms with Crippen molar-refractivity contribution < 1.29 is 14.3 Å². The molecule has 0 atom stereocenters. The Labute approximate surface area is 220 Å². The molecule has 2 aromatic carbocycles. The molecule has 2 aromatic heterocycles. The number of nitrogens with one attached hydrogen (secondary N) is 2. The van der Waals surface area contributed by atoms with E-state index in [1.807, 2.05) is 44.2 Å². The Morgan fingerprint density at radius 3 is 2.47 bits per heavy atom. The number of rotatable bonds is 8. The zero-order valence-corrected chi connectivity index (χ0v) is 21.9. The fraction of sp³-hybridized carbons (Fsp3) is 0.407. The van der Waals surface area contributed by atoms with Crippen molar-refractivity contribution in [3.05, 3.63) is 47.9 Å². The van der Waals surface area contributed by atoms with Gasteiger partial charge in [-0.05, 0) is 42.8 Å². The van der Waals surface area contributed by atoms with Crippen LogP contribution in [0.15, 0.2) is 36.4 Å². The van der Waals surface area contributed by atoms with Gasteiger partial charge >= 0.3 is 0 Å². The molecule has 0 bridgehead atoms. The first-order valence-corrected chi connectivity index (χ1v) is 13.0. The zero-order chi connectivity index (χ0) is 26.8. The summed E-state index contributed by atoms with van der Waals surface area (Å²) in [5.41, 5.74) is 3.72. The van der Waals surface area contributed by atoms with E-state index in [-0.39, 0.29) is 24.0 Å². The van der Waals surface area contributed by atoms with E-state index in [4.69, 9.17) is 0 Å². The first-order chi connectivity index (χ1) is 18.4. The second-order valence-corrected chi connectivity index (χ2v) is 9.74. The Hall–Kier alpha value is -3.99. The number of aromatic hydroxyl groups is 1. The quantitative estimate of drug-likeness (QED) is 0.326. The summed E-state index contributed by atoms with van der Waals surface area (Å²) >= 11 is 0. The van der Waals surface area contributed by atoms with Gasteiger partial charge in [0.05, 0.1) is 16.8 Å². The first-order valence-electron chi connectivity index (χ1n) is 13.0. The number of benzene rings is 2. The number of carbonyl (C=O) groups excluding carboxylic acids is 1. The van der Waals surface area contributed by atoms with E-state index in [9.17, 15) is 14.3 Å². The van der Waals surface area contributed by atoms with E-state index in [2.05, 4.69) is 42.4 Å². The van der Waals surface area contributed by atoms with Crippen LogP contribution in [-0.4, -0.2) is 86.8 Å². The monoisotopic (exact) mass is 520 g/mol. The number of phenols is 1. The topological polar surface area (TPSA) is 115 Å². The van der Waals surface area contributed by atoms with Gasteiger partial charge in [-0.25, -0.2) is 4.39 Å². The van der Waals surface area contributed by atoms with Gasteiger partial charge in [-0.15, -0.1) is 10.2 Å². The summed E-state index contributed by atoms with van der Waals surface area (Å²) in [5, 5.41) is 30.1. The van der Waals surface area contributed by atoms with Crippen LogP contribution in [-0.2, 0) is 0 Å². The number of H-pyrrole nitrogens is 1. The molecule has 4 aromatic rings. The van der Waals surface area contributed by atoms with Crippen molar-refractivity contribution in [2.45, 2.75) is 26.7 Å². The SMILES string of the molecule is CCN1CCN(c2ccc(-n3c(C(=O)NCCF)nnc3-c3cc4c(C(C)C)n[nH]c4cc3O)cc2)CC1. The standard InChI is InChI=1S/C27H33FN8O2/c1-4-34-11-13-35(14-12-34)18-5-7-19(8-6-18)36-25(32-33-26(36)27(38)29-10-9-28)21-15-20-22(16-23(21)37)30-31-24(20)17(2)3/h5-8,15-17,37H,4,9-14H2,1-3H3,(H,29,38)(H,30,31). The van der Waals surface area contributed by atoms with Gasteiger partial charge in [0.25, 0.3) is 5.91 Å². The van der Waals surface area contributed by atoms with Crippen molar-refractivity contribution in [3.63, 3.8) is 0 Å². The highest BCUT2D eigenvalue weighted by molar-refractivity contribution is 5.93. The molecule has 0 unspecified atom stereocenters. The largest absolute Gasteiger partial charge is 0.507 e. The normalized spacial score (nSPS) is 14.5. The number of nitrogens with zero attached hydrogens (tertiary/aromatic N) is 6. The number of hydrogen-bond donors (Lipinski definition) is 3. The van der Waals surface area contributed by atoms with E-state index >= 15 is 0 Å². The number of anilines is 1. The van der Waals surface area contributed by atoms with Crippen LogP contribution in [0.2, 0.25) is 0 Å². The van der Waals surface area contributed by atoms with E-state index in [0.29, 0.717) is 22.6 Å². The van der Waals surface area contributed by atoms with Crippen LogP contribution in [0.25, 0.3) is 28.0 Å². The maximum atomic E-state index is 12.9. The molecule has 0 radical (unpaired) electrons. The van der Waals surface area contributed by atoms with Gasteiger partial charge in [-0.3, -0.25) is 14.5 Å². The lowest BCUT2D eigenvalue weighted by Crippen LogP contribution is -2.46. The van der Waals surface area contributed by atoms with E-state index in [0.717, 1.165) is 49.5 Å². The third kappa shape index (κ3) is 4.81. The van der Waals surface area contributed by atoms with Crippen LogP contribution in [0.5, 0.6) is 5.75 Å². The highest BCUT2D eigenvalue weighted by atomic mass is 19.1. The number of likely N-dealkylation sites (N-methyl/N-ethyl adjacent to an activating group) is 1. The lowest BCUT2D eigenvalue weighted by Gasteiger charge is -2.35.